The Morgan fingerprint density at radius 1 is 1.50 bits per heavy atom. The van der Waals surface area contributed by atoms with Crippen molar-refractivity contribution in [2.45, 2.75) is 32.7 Å². The van der Waals surface area contributed by atoms with Gasteiger partial charge in [0.15, 0.2) is 0 Å². The Hall–Kier alpha value is -0.370. The summed E-state index contributed by atoms with van der Waals surface area (Å²) < 4.78 is 0. The molecule has 0 saturated heterocycles. The van der Waals surface area contributed by atoms with Gasteiger partial charge in [-0.3, -0.25) is 0 Å². The van der Waals surface area contributed by atoms with Crippen LogP contribution in [-0.2, 0) is 0 Å². The first-order valence-electron chi connectivity index (χ1n) is 3.83. The van der Waals surface area contributed by atoms with Crippen LogP contribution in [0.2, 0.25) is 0 Å². The number of hydrogen-bond acceptors (Lipinski definition) is 2. The molecule has 60 valence electrons. The highest BCUT2D eigenvalue weighted by atomic mass is 14.6. The van der Waals surface area contributed by atoms with Crippen LogP contribution in [0.3, 0.4) is 0 Å². The summed E-state index contributed by atoms with van der Waals surface area (Å²) in [7, 11) is 1.80. The lowest BCUT2D eigenvalue weighted by molar-refractivity contribution is 0.499. The summed E-state index contributed by atoms with van der Waals surface area (Å²) in [5, 5.41) is 0. The van der Waals surface area contributed by atoms with Gasteiger partial charge in [0, 0.05) is 13.1 Å². The average Bonchev–Trinajstić information content (AvgIpc) is 1.82. The minimum Gasteiger partial charge on any atom is -0.328 e. The van der Waals surface area contributed by atoms with Crippen LogP contribution in [0.5, 0.6) is 0 Å². The zero-order valence-corrected chi connectivity index (χ0v) is 7.17. The number of aliphatic imine (C=N–C) groups is 1. The van der Waals surface area contributed by atoms with Crippen LogP contribution in [-0.4, -0.2) is 19.3 Å². The number of nitrogens with zero attached hydrogens (tertiary/aromatic N) is 1. The summed E-state index contributed by atoms with van der Waals surface area (Å²) in [6.07, 6.45) is 4.09. The van der Waals surface area contributed by atoms with Crippen molar-refractivity contribution in [3.8, 4) is 0 Å². The smallest absolute Gasteiger partial charge is 0.0273 e. The summed E-state index contributed by atoms with van der Waals surface area (Å²) in [6, 6.07) is 0.320. The van der Waals surface area contributed by atoms with Crippen LogP contribution in [0.15, 0.2) is 4.99 Å². The maximum atomic E-state index is 5.62. The maximum Gasteiger partial charge on any atom is 0.0273 e. The monoisotopic (exact) mass is 142 g/mol. The molecule has 2 N–H and O–H groups in total. The Morgan fingerprint density at radius 2 is 2.10 bits per heavy atom. The standard InChI is InChI=1S/C8H18N2/c1-7(4-5-10-3)6-8(2)9/h5,7-8H,4,6,9H2,1-3H3/b10-5+. The average molecular weight is 142 g/mol. The Balaban J connectivity index is 3.33. The molecule has 0 bridgehead atoms. The Bertz CT molecular complexity index is 97.4. The van der Waals surface area contributed by atoms with E-state index in [1.165, 1.54) is 0 Å². The van der Waals surface area contributed by atoms with Crippen molar-refractivity contribution in [1.29, 1.82) is 0 Å². The second-order valence-electron chi connectivity index (χ2n) is 2.99. The van der Waals surface area contributed by atoms with E-state index in [0.717, 1.165) is 12.8 Å². The highest BCUT2D eigenvalue weighted by Gasteiger charge is 2.02. The van der Waals surface area contributed by atoms with Gasteiger partial charge in [0.1, 0.15) is 0 Å². The molecular weight excluding hydrogens is 124 g/mol. The quantitative estimate of drug-likeness (QED) is 0.593. The van der Waals surface area contributed by atoms with Gasteiger partial charge in [-0.15, -0.1) is 0 Å². The van der Waals surface area contributed by atoms with E-state index in [0.29, 0.717) is 12.0 Å². The first-order chi connectivity index (χ1) is 4.66. The van der Waals surface area contributed by atoms with E-state index in [1.807, 2.05) is 13.1 Å². The minimum absolute atomic E-state index is 0.320. The molecule has 2 atom stereocenters. The van der Waals surface area contributed by atoms with Gasteiger partial charge >= 0.3 is 0 Å². The zero-order chi connectivity index (χ0) is 7.98. The molecule has 0 saturated carbocycles. The van der Waals surface area contributed by atoms with Gasteiger partial charge < -0.3 is 10.7 Å². The predicted octanol–water partition coefficient (Wildman–Crippen LogP) is 1.45. The van der Waals surface area contributed by atoms with E-state index in [4.69, 9.17) is 5.73 Å². The van der Waals surface area contributed by atoms with E-state index >= 15 is 0 Å². The highest BCUT2D eigenvalue weighted by molar-refractivity contribution is 5.57. The van der Waals surface area contributed by atoms with E-state index in [1.54, 1.807) is 7.05 Å². The largest absolute Gasteiger partial charge is 0.328 e. The lowest BCUT2D eigenvalue weighted by Crippen LogP contribution is -2.18. The fourth-order valence-corrected chi connectivity index (χ4v) is 1.02. The van der Waals surface area contributed by atoms with Crippen molar-refractivity contribution in [1.82, 2.24) is 0 Å². The Morgan fingerprint density at radius 3 is 2.50 bits per heavy atom. The summed E-state index contributed by atoms with van der Waals surface area (Å²) in [5.74, 6) is 0.670. The van der Waals surface area contributed by atoms with Gasteiger partial charge in [0.2, 0.25) is 0 Å². The van der Waals surface area contributed by atoms with Crippen molar-refractivity contribution in [3.05, 3.63) is 0 Å². The van der Waals surface area contributed by atoms with E-state index < -0.39 is 0 Å². The molecule has 0 spiro atoms. The van der Waals surface area contributed by atoms with Crippen molar-refractivity contribution < 1.29 is 0 Å². The molecule has 0 radical (unpaired) electrons. The molecule has 2 unspecified atom stereocenters. The minimum atomic E-state index is 0.320. The summed E-state index contributed by atoms with van der Waals surface area (Å²) >= 11 is 0. The van der Waals surface area contributed by atoms with Crippen molar-refractivity contribution >= 4 is 6.21 Å². The van der Waals surface area contributed by atoms with Gasteiger partial charge in [-0.05, 0) is 31.9 Å². The van der Waals surface area contributed by atoms with Gasteiger partial charge in [0.05, 0.1) is 0 Å². The Kier molecular flexibility index (Phi) is 5.22. The first kappa shape index (κ1) is 9.63. The SMILES string of the molecule is C/N=C/CC(C)CC(C)N. The van der Waals surface area contributed by atoms with Crippen LogP contribution in [0.25, 0.3) is 0 Å². The van der Waals surface area contributed by atoms with Crippen molar-refractivity contribution in [2.24, 2.45) is 16.6 Å². The van der Waals surface area contributed by atoms with Gasteiger partial charge in [0.25, 0.3) is 0 Å². The van der Waals surface area contributed by atoms with Gasteiger partial charge in [-0.1, -0.05) is 6.92 Å². The molecule has 0 aliphatic rings. The fourth-order valence-electron chi connectivity index (χ4n) is 1.02. The summed E-state index contributed by atoms with van der Waals surface area (Å²) in [5.41, 5.74) is 5.62. The Labute approximate surface area is 63.5 Å². The number of nitrogens with two attached hydrogens (primary N) is 1. The third kappa shape index (κ3) is 5.76. The van der Waals surface area contributed by atoms with Crippen molar-refractivity contribution in [3.63, 3.8) is 0 Å². The third-order valence-corrected chi connectivity index (χ3v) is 1.46. The second-order valence-corrected chi connectivity index (χ2v) is 2.99. The molecule has 0 aliphatic carbocycles. The summed E-state index contributed by atoms with van der Waals surface area (Å²) in [4.78, 5) is 3.92. The van der Waals surface area contributed by atoms with Gasteiger partial charge in [-0.2, -0.15) is 0 Å². The molecule has 10 heavy (non-hydrogen) atoms. The van der Waals surface area contributed by atoms with Gasteiger partial charge in [-0.25, -0.2) is 0 Å². The lowest BCUT2D eigenvalue weighted by atomic mass is 10.0. The molecule has 0 rings (SSSR count). The third-order valence-electron chi connectivity index (χ3n) is 1.46. The molecule has 0 amide bonds. The van der Waals surface area contributed by atoms with Crippen LogP contribution in [0, 0.1) is 5.92 Å². The molecule has 0 aromatic carbocycles. The molecule has 0 heterocycles. The fraction of sp³-hybridized carbons (Fsp3) is 0.875. The highest BCUT2D eigenvalue weighted by Crippen LogP contribution is 2.06. The van der Waals surface area contributed by atoms with Crippen LogP contribution in [0.1, 0.15) is 26.7 Å². The van der Waals surface area contributed by atoms with E-state index in [2.05, 4.69) is 11.9 Å². The molecule has 2 heteroatoms. The van der Waals surface area contributed by atoms with Crippen molar-refractivity contribution in [2.75, 3.05) is 7.05 Å². The lowest BCUT2D eigenvalue weighted by Gasteiger charge is -2.10. The molecule has 0 aromatic heterocycles. The zero-order valence-electron chi connectivity index (χ0n) is 7.17. The number of rotatable bonds is 4. The molecule has 0 fully saturated rings. The van der Waals surface area contributed by atoms with Crippen LogP contribution in [0.4, 0.5) is 0 Å². The van der Waals surface area contributed by atoms with E-state index in [-0.39, 0.29) is 0 Å². The normalized spacial score (nSPS) is 17.6. The maximum absolute atomic E-state index is 5.62. The topological polar surface area (TPSA) is 38.4 Å². The molecule has 0 aliphatic heterocycles. The predicted molar refractivity (Wildman–Crippen MR) is 46.5 cm³/mol. The number of hydrogen-bond donors (Lipinski definition) is 1. The van der Waals surface area contributed by atoms with E-state index in [9.17, 15) is 0 Å². The molecular formula is C8H18N2. The van der Waals surface area contributed by atoms with Crippen LogP contribution >= 0.6 is 0 Å². The first-order valence-corrected chi connectivity index (χ1v) is 3.83. The molecule has 2 nitrogen and oxygen atoms in total. The van der Waals surface area contributed by atoms with Crippen LogP contribution < -0.4 is 5.73 Å². The molecule has 0 aromatic rings. The summed E-state index contributed by atoms with van der Waals surface area (Å²) in [6.45, 7) is 4.24. The second kappa shape index (κ2) is 5.42.